The van der Waals surface area contributed by atoms with Crippen molar-refractivity contribution >= 4 is 44.7 Å². The molecule has 0 aliphatic carbocycles. The number of amides is 1. The zero-order chi connectivity index (χ0) is 20.3. The van der Waals surface area contributed by atoms with E-state index in [1.807, 2.05) is 13.8 Å². The van der Waals surface area contributed by atoms with Crippen molar-refractivity contribution in [3.8, 4) is 10.8 Å². The van der Waals surface area contributed by atoms with Crippen molar-refractivity contribution < 1.29 is 17.6 Å². The molecule has 0 aliphatic heterocycles. The van der Waals surface area contributed by atoms with Gasteiger partial charge >= 0.3 is 6.01 Å². The van der Waals surface area contributed by atoms with Crippen LogP contribution in [0.15, 0.2) is 33.6 Å². The van der Waals surface area contributed by atoms with E-state index in [1.54, 1.807) is 0 Å². The minimum atomic E-state index is -3.48. The van der Waals surface area contributed by atoms with Crippen molar-refractivity contribution in [2.45, 2.75) is 31.6 Å². The van der Waals surface area contributed by atoms with Crippen LogP contribution in [0.5, 0.6) is 0 Å². The van der Waals surface area contributed by atoms with E-state index in [-0.39, 0.29) is 35.4 Å². The van der Waals surface area contributed by atoms with Crippen LogP contribution in [0, 0.1) is 13.8 Å². The van der Waals surface area contributed by atoms with Crippen LogP contribution >= 0.6 is 22.9 Å². The first-order valence-corrected chi connectivity index (χ1v) is 11.2. The Morgan fingerprint density at radius 2 is 1.93 bits per heavy atom. The van der Waals surface area contributed by atoms with E-state index < -0.39 is 15.7 Å². The molecule has 0 saturated heterocycles. The molecule has 3 rings (SSSR count). The molecule has 0 radical (unpaired) electrons. The Morgan fingerprint density at radius 1 is 1.21 bits per heavy atom. The van der Waals surface area contributed by atoms with Gasteiger partial charge in [-0.2, -0.15) is 0 Å². The minimum absolute atomic E-state index is 0.00320. The smallest absolute Gasteiger partial charge is 0.322 e. The van der Waals surface area contributed by atoms with Crippen molar-refractivity contribution in [3.63, 3.8) is 0 Å². The first-order chi connectivity index (χ1) is 13.2. The quantitative estimate of drug-likeness (QED) is 0.596. The number of hydrogen-bond acceptors (Lipinski definition) is 8. The maximum Gasteiger partial charge on any atom is 0.322 e. The van der Waals surface area contributed by atoms with Crippen LogP contribution in [0.2, 0.25) is 5.02 Å². The van der Waals surface area contributed by atoms with Gasteiger partial charge in [-0.05, 0) is 44.5 Å². The number of hydrogen-bond donors (Lipinski definition) is 1. The Kier molecular flexibility index (Phi) is 6.11. The third-order valence-electron chi connectivity index (χ3n) is 3.76. The summed E-state index contributed by atoms with van der Waals surface area (Å²) in [6.07, 6.45) is 0.161. The van der Waals surface area contributed by atoms with Crippen LogP contribution < -0.4 is 5.32 Å². The number of rotatable bonds is 7. The largest absolute Gasteiger partial charge is 0.402 e. The minimum Gasteiger partial charge on any atom is -0.402 e. The molecule has 1 amide bonds. The standard InChI is InChI=1S/C17H17ClN4O4S2/c1-10-15(27-11(2)19-10)16-21-22-17(26-16)20-14(23)4-3-9-28(24,25)13-7-5-12(18)6-8-13/h5-8H,3-4,9H2,1-2H3,(H,20,22,23). The number of aryl methyl sites for hydroxylation is 2. The molecule has 0 aliphatic rings. The van der Waals surface area contributed by atoms with Crippen molar-refractivity contribution in [2.75, 3.05) is 11.1 Å². The van der Waals surface area contributed by atoms with E-state index in [0.717, 1.165) is 15.6 Å². The lowest BCUT2D eigenvalue weighted by molar-refractivity contribution is -0.116. The van der Waals surface area contributed by atoms with Crippen LogP contribution in [0.4, 0.5) is 6.01 Å². The second-order valence-corrected chi connectivity index (χ2v) is 9.73. The highest BCUT2D eigenvalue weighted by molar-refractivity contribution is 7.91. The summed E-state index contributed by atoms with van der Waals surface area (Å²) in [7, 11) is -3.48. The molecular weight excluding hydrogens is 424 g/mol. The molecule has 0 unspecified atom stereocenters. The summed E-state index contributed by atoms with van der Waals surface area (Å²) in [6, 6.07) is 5.88. The Hall–Kier alpha value is -2.30. The van der Waals surface area contributed by atoms with Crippen LogP contribution in [0.25, 0.3) is 10.8 Å². The van der Waals surface area contributed by atoms with Gasteiger partial charge in [0.25, 0.3) is 5.89 Å². The fourth-order valence-electron chi connectivity index (χ4n) is 2.46. The topological polar surface area (TPSA) is 115 Å². The Bertz CT molecular complexity index is 1090. The number of thiazole rings is 1. The normalized spacial score (nSPS) is 11.5. The van der Waals surface area contributed by atoms with Crippen molar-refractivity contribution in [1.29, 1.82) is 0 Å². The summed E-state index contributed by atoms with van der Waals surface area (Å²) in [6.45, 7) is 3.71. The van der Waals surface area contributed by atoms with Gasteiger partial charge in [-0.25, -0.2) is 13.4 Å². The number of nitrogens with zero attached hydrogens (tertiary/aromatic N) is 3. The highest BCUT2D eigenvalue weighted by Gasteiger charge is 2.18. The van der Waals surface area contributed by atoms with Gasteiger partial charge < -0.3 is 4.42 Å². The summed E-state index contributed by atoms with van der Waals surface area (Å²) in [5, 5.41) is 11.5. The van der Waals surface area contributed by atoms with Gasteiger partial charge in [-0.15, -0.1) is 16.4 Å². The molecule has 148 valence electrons. The van der Waals surface area contributed by atoms with Gasteiger partial charge in [-0.1, -0.05) is 16.7 Å². The Morgan fingerprint density at radius 3 is 2.57 bits per heavy atom. The van der Waals surface area contributed by atoms with Crippen LogP contribution in [-0.2, 0) is 14.6 Å². The predicted molar refractivity (Wildman–Crippen MR) is 106 cm³/mol. The Labute approximate surface area is 170 Å². The van der Waals surface area contributed by atoms with Crippen LogP contribution in [-0.4, -0.2) is 35.3 Å². The lowest BCUT2D eigenvalue weighted by Crippen LogP contribution is -2.14. The number of aromatic nitrogens is 3. The summed E-state index contributed by atoms with van der Waals surface area (Å²) in [5.74, 6) is -0.279. The van der Waals surface area contributed by atoms with Crippen molar-refractivity contribution in [2.24, 2.45) is 0 Å². The molecule has 0 bridgehead atoms. The average molecular weight is 441 g/mol. The number of benzene rings is 1. The fraction of sp³-hybridized carbons (Fsp3) is 0.294. The summed E-state index contributed by atoms with van der Waals surface area (Å²) in [5.41, 5.74) is 0.774. The van der Waals surface area contributed by atoms with Crippen LogP contribution in [0.1, 0.15) is 23.5 Å². The summed E-state index contributed by atoms with van der Waals surface area (Å²) < 4.78 is 30.0. The highest BCUT2D eigenvalue weighted by atomic mass is 35.5. The van der Waals surface area contributed by atoms with E-state index in [0.29, 0.717) is 5.02 Å². The van der Waals surface area contributed by atoms with Crippen molar-refractivity contribution in [3.05, 3.63) is 40.0 Å². The first kappa shape index (κ1) is 20.4. The van der Waals surface area contributed by atoms with Gasteiger partial charge in [0.15, 0.2) is 9.84 Å². The average Bonchev–Trinajstić information content (AvgIpc) is 3.20. The number of sulfone groups is 1. The fourth-order valence-corrected chi connectivity index (χ4v) is 4.74. The van der Waals surface area contributed by atoms with Gasteiger partial charge in [0.2, 0.25) is 5.91 Å². The lowest BCUT2D eigenvalue weighted by Gasteiger charge is -2.04. The Balaban J connectivity index is 1.54. The zero-order valence-corrected chi connectivity index (χ0v) is 17.5. The van der Waals surface area contributed by atoms with Gasteiger partial charge in [0.1, 0.15) is 4.88 Å². The molecule has 2 aromatic heterocycles. The number of nitrogens with one attached hydrogen (secondary N) is 1. The van der Waals surface area contributed by atoms with E-state index in [2.05, 4.69) is 20.5 Å². The molecule has 28 heavy (non-hydrogen) atoms. The molecular formula is C17H17ClN4O4S2. The van der Waals surface area contributed by atoms with Gasteiger partial charge in [0, 0.05) is 11.4 Å². The molecule has 0 fully saturated rings. The maximum atomic E-state index is 12.3. The van der Waals surface area contributed by atoms with E-state index >= 15 is 0 Å². The first-order valence-electron chi connectivity index (χ1n) is 8.31. The maximum absolute atomic E-state index is 12.3. The summed E-state index contributed by atoms with van der Waals surface area (Å²) in [4.78, 5) is 17.3. The molecule has 2 heterocycles. The molecule has 1 N–H and O–H groups in total. The van der Waals surface area contributed by atoms with Crippen LogP contribution in [0.3, 0.4) is 0 Å². The monoisotopic (exact) mass is 440 g/mol. The lowest BCUT2D eigenvalue weighted by atomic mass is 10.3. The molecule has 8 nitrogen and oxygen atoms in total. The molecule has 0 spiro atoms. The number of anilines is 1. The van der Waals surface area contributed by atoms with Gasteiger partial charge in [0.05, 0.1) is 21.3 Å². The highest BCUT2D eigenvalue weighted by Crippen LogP contribution is 2.29. The molecule has 1 aromatic carbocycles. The molecule has 11 heteroatoms. The van der Waals surface area contributed by atoms with Gasteiger partial charge in [-0.3, -0.25) is 10.1 Å². The second kappa shape index (κ2) is 8.38. The van der Waals surface area contributed by atoms with E-state index in [1.165, 1.54) is 35.6 Å². The van der Waals surface area contributed by atoms with Crippen molar-refractivity contribution in [1.82, 2.24) is 15.2 Å². The molecule has 3 aromatic rings. The number of carbonyl (C=O) groups excluding carboxylic acids is 1. The third-order valence-corrected chi connectivity index (χ3v) is 6.89. The molecule has 0 saturated carbocycles. The van der Waals surface area contributed by atoms with E-state index in [9.17, 15) is 13.2 Å². The molecule has 0 atom stereocenters. The summed E-state index contributed by atoms with van der Waals surface area (Å²) >= 11 is 7.18. The predicted octanol–water partition coefficient (Wildman–Crippen LogP) is 3.66. The SMILES string of the molecule is Cc1nc(C)c(-c2nnc(NC(=O)CCCS(=O)(=O)c3ccc(Cl)cc3)o2)s1. The zero-order valence-electron chi connectivity index (χ0n) is 15.1. The number of halogens is 1. The van der Waals surface area contributed by atoms with E-state index in [4.69, 9.17) is 16.0 Å². The second-order valence-electron chi connectivity index (χ2n) is 5.98. The third kappa shape index (κ3) is 4.94. The number of carbonyl (C=O) groups is 1.